The first kappa shape index (κ1) is 12.0. The van der Waals surface area contributed by atoms with Gasteiger partial charge >= 0.3 is 0 Å². The quantitative estimate of drug-likeness (QED) is 0.675. The van der Waals surface area contributed by atoms with Gasteiger partial charge in [0.2, 0.25) is 0 Å². The molecule has 1 saturated heterocycles. The van der Waals surface area contributed by atoms with Gasteiger partial charge in [-0.05, 0) is 58.8 Å². The Balaban J connectivity index is 1.91. The molecule has 2 heteroatoms. The number of nitrogens with zero attached hydrogens (tertiary/aromatic N) is 1. The molecule has 0 spiro atoms. The van der Waals surface area contributed by atoms with Crippen LogP contribution in [0, 0.1) is 0 Å². The van der Waals surface area contributed by atoms with Crippen molar-refractivity contribution in [3.8, 4) is 0 Å². The van der Waals surface area contributed by atoms with Crippen LogP contribution in [0.1, 0.15) is 45.4 Å². The Labute approximate surface area is 89.1 Å². The average Bonchev–Trinajstić information content (AvgIpc) is 2.67. The van der Waals surface area contributed by atoms with Crippen molar-refractivity contribution in [2.75, 3.05) is 26.7 Å². The fourth-order valence-corrected chi connectivity index (χ4v) is 2.15. The first-order chi connectivity index (χ1) is 6.83. The van der Waals surface area contributed by atoms with Crippen LogP contribution in [0.2, 0.25) is 0 Å². The highest BCUT2D eigenvalue weighted by molar-refractivity contribution is 4.74. The molecule has 1 aliphatic heterocycles. The van der Waals surface area contributed by atoms with E-state index < -0.39 is 0 Å². The number of hydrogen-bond donors (Lipinski definition) is 1. The standard InChI is InChI=1S/C12H26N2/c1-3-4-10-14(2)11-6-8-12-7-5-9-13-12/h12-13H,3-11H2,1-2H3. The van der Waals surface area contributed by atoms with Gasteiger partial charge in [-0.3, -0.25) is 0 Å². The second kappa shape index (κ2) is 7.24. The molecule has 0 saturated carbocycles. The summed E-state index contributed by atoms with van der Waals surface area (Å²) in [5.74, 6) is 0. The van der Waals surface area contributed by atoms with Gasteiger partial charge < -0.3 is 10.2 Å². The third-order valence-corrected chi connectivity index (χ3v) is 3.15. The Morgan fingerprint density at radius 2 is 2.07 bits per heavy atom. The van der Waals surface area contributed by atoms with E-state index >= 15 is 0 Å². The van der Waals surface area contributed by atoms with Crippen LogP contribution in [0.3, 0.4) is 0 Å². The van der Waals surface area contributed by atoms with Crippen LogP contribution < -0.4 is 5.32 Å². The molecule has 1 rings (SSSR count). The summed E-state index contributed by atoms with van der Waals surface area (Å²) in [6.07, 6.45) is 8.18. The molecule has 0 aromatic carbocycles. The summed E-state index contributed by atoms with van der Waals surface area (Å²) in [5, 5.41) is 3.55. The molecule has 84 valence electrons. The Hall–Kier alpha value is -0.0800. The third kappa shape index (κ3) is 4.97. The zero-order valence-electron chi connectivity index (χ0n) is 9.89. The molecule has 0 aromatic rings. The summed E-state index contributed by atoms with van der Waals surface area (Å²) in [6.45, 7) is 6.05. The number of hydrogen-bond acceptors (Lipinski definition) is 2. The fourth-order valence-electron chi connectivity index (χ4n) is 2.15. The number of rotatable bonds is 7. The van der Waals surface area contributed by atoms with Crippen LogP contribution in [0.25, 0.3) is 0 Å². The van der Waals surface area contributed by atoms with E-state index in [0.29, 0.717) is 0 Å². The summed E-state index contributed by atoms with van der Waals surface area (Å²) >= 11 is 0. The van der Waals surface area contributed by atoms with E-state index in [1.807, 2.05) is 0 Å². The normalized spacial score (nSPS) is 22.1. The van der Waals surface area contributed by atoms with Gasteiger partial charge in [0.05, 0.1) is 0 Å². The molecular formula is C12H26N2. The lowest BCUT2D eigenvalue weighted by Crippen LogP contribution is -2.25. The average molecular weight is 198 g/mol. The number of unbranched alkanes of at least 4 members (excludes halogenated alkanes) is 1. The minimum Gasteiger partial charge on any atom is -0.314 e. The van der Waals surface area contributed by atoms with Crippen molar-refractivity contribution >= 4 is 0 Å². The molecule has 14 heavy (non-hydrogen) atoms. The zero-order chi connectivity index (χ0) is 10.2. The molecule has 1 unspecified atom stereocenters. The van der Waals surface area contributed by atoms with Gasteiger partial charge in [-0.1, -0.05) is 13.3 Å². The maximum absolute atomic E-state index is 3.55. The van der Waals surface area contributed by atoms with Crippen molar-refractivity contribution in [2.45, 2.75) is 51.5 Å². The molecule has 0 radical (unpaired) electrons. The van der Waals surface area contributed by atoms with Crippen LogP contribution in [0.15, 0.2) is 0 Å². The highest BCUT2D eigenvalue weighted by Gasteiger charge is 2.13. The molecule has 0 bridgehead atoms. The SMILES string of the molecule is CCCCN(C)CCCC1CCCN1. The van der Waals surface area contributed by atoms with Crippen molar-refractivity contribution in [3.05, 3.63) is 0 Å². The van der Waals surface area contributed by atoms with E-state index in [4.69, 9.17) is 0 Å². The van der Waals surface area contributed by atoms with Crippen molar-refractivity contribution in [2.24, 2.45) is 0 Å². The van der Waals surface area contributed by atoms with E-state index in [-0.39, 0.29) is 0 Å². The van der Waals surface area contributed by atoms with E-state index in [1.54, 1.807) is 0 Å². The van der Waals surface area contributed by atoms with Gasteiger partial charge in [-0.25, -0.2) is 0 Å². The molecule has 0 aromatic heterocycles. The molecule has 1 atom stereocenters. The van der Waals surface area contributed by atoms with Crippen molar-refractivity contribution in [3.63, 3.8) is 0 Å². The maximum atomic E-state index is 3.55. The van der Waals surface area contributed by atoms with Gasteiger partial charge in [0, 0.05) is 6.04 Å². The minimum atomic E-state index is 0.828. The Bertz CT molecular complexity index is 130. The fraction of sp³-hybridized carbons (Fsp3) is 1.00. The summed E-state index contributed by atoms with van der Waals surface area (Å²) in [5.41, 5.74) is 0. The molecule has 0 amide bonds. The van der Waals surface area contributed by atoms with Crippen LogP contribution >= 0.6 is 0 Å². The lowest BCUT2D eigenvalue weighted by atomic mass is 10.1. The molecule has 2 nitrogen and oxygen atoms in total. The molecule has 0 aliphatic carbocycles. The third-order valence-electron chi connectivity index (χ3n) is 3.15. The van der Waals surface area contributed by atoms with Gasteiger partial charge in [-0.2, -0.15) is 0 Å². The summed E-state index contributed by atoms with van der Waals surface area (Å²) in [6, 6.07) is 0.828. The molecular weight excluding hydrogens is 172 g/mol. The van der Waals surface area contributed by atoms with Gasteiger partial charge in [0.1, 0.15) is 0 Å². The van der Waals surface area contributed by atoms with E-state index in [1.165, 1.54) is 58.2 Å². The summed E-state index contributed by atoms with van der Waals surface area (Å²) in [7, 11) is 2.25. The second-order valence-corrected chi connectivity index (χ2v) is 4.59. The van der Waals surface area contributed by atoms with Crippen molar-refractivity contribution in [1.29, 1.82) is 0 Å². The molecule has 1 fully saturated rings. The highest BCUT2D eigenvalue weighted by atomic mass is 15.1. The zero-order valence-corrected chi connectivity index (χ0v) is 9.89. The minimum absolute atomic E-state index is 0.828. The predicted octanol–water partition coefficient (Wildman–Crippen LogP) is 2.25. The van der Waals surface area contributed by atoms with E-state index in [9.17, 15) is 0 Å². The van der Waals surface area contributed by atoms with Crippen LogP contribution in [-0.4, -0.2) is 37.6 Å². The topological polar surface area (TPSA) is 15.3 Å². The Kier molecular flexibility index (Phi) is 6.20. The molecule has 1 aliphatic rings. The largest absolute Gasteiger partial charge is 0.314 e. The highest BCUT2D eigenvalue weighted by Crippen LogP contribution is 2.10. The molecule has 1 heterocycles. The first-order valence-electron chi connectivity index (χ1n) is 6.25. The van der Waals surface area contributed by atoms with Crippen LogP contribution in [-0.2, 0) is 0 Å². The second-order valence-electron chi connectivity index (χ2n) is 4.59. The van der Waals surface area contributed by atoms with Crippen molar-refractivity contribution < 1.29 is 0 Å². The summed E-state index contributed by atoms with van der Waals surface area (Å²) in [4.78, 5) is 2.47. The van der Waals surface area contributed by atoms with Gasteiger partial charge in [0.15, 0.2) is 0 Å². The van der Waals surface area contributed by atoms with Crippen molar-refractivity contribution in [1.82, 2.24) is 10.2 Å². The van der Waals surface area contributed by atoms with Gasteiger partial charge in [0.25, 0.3) is 0 Å². The van der Waals surface area contributed by atoms with E-state index in [0.717, 1.165) is 6.04 Å². The van der Waals surface area contributed by atoms with Crippen LogP contribution in [0.4, 0.5) is 0 Å². The molecule has 1 N–H and O–H groups in total. The Morgan fingerprint density at radius 1 is 1.29 bits per heavy atom. The number of nitrogens with one attached hydrogen (secondary N) is 1. The lowest BCUT2D eigenvalue weighted by Gasteiger charge is -2.17. The monoisotopic (exact) mass is 198 g/mol. The maximum Gasteiger partial charge on any atom is 0.00680 e. The summed E-state index contributed by atoms with van der Waals surface area (Å²) < 4.78 is 0. The smallest absolute Gasteiger partial charge is 0.00680 e. The predicted molar refractivity (Wildman–Crippen MR) is 62.7 cm³/mol. The lowest BCUT2D eigenvalue weighted by molar-refractivity contribution is 0.313. The van der Waals surface area contributed by atoms with Crippen LogP contribution in [0.5, 0.6) is 0 Å². The van der Waals surface area contributed by atoms with Gasteiger partial charge in [-0.15, -0.1) is 0 Å². The Morgan fingerprint density at radius 3 is 2.71 bits per heavy atom. The van der Waals surface area contributed by atoms with E-state index in [2.05, 4.69) is 24.2 Å². The first-order valence-corrected chi connectivity index (χ1v) is 6.25.